The zero-order chi connectivity index (χ0) is 15.0. The van der Waals surface area contributed by atoms with Gasteiger partial charge in [0.25, 0.3) is 0 Å². The Bertz CT molecular complexity index is 482. The highest BCUT2D eigenvalue weighted by molar-refractivity contribution is 5.38. The maximum Gasteiger partial charge on any atom is 0.573 e. The Morgan fingerprint density at radius 1 is 1.15 bits per heavy atom. The van der Waals surface area contributed by atoms with E-state index in [9.17, 15) is 18.3 Å². The molecule has 1 aromatic carbocycles. The summed E-state index contributed by atoms with van der Waals surface area (Å²) in [7, 11) is 0. The Balaban J connectivity index is 2.36. The molecule has 1 fully saturated rings. The van der Waals surface area contributed by atoms with Crippen molar-refractivity contribution in [1.29, 1.82) is 0 Å². The lowest BCUT2D eigenvalue weighted by Crippen LogP contribution is -2.37. The maximum absolute atomic E-state index is 12.5. The average Bonchev–Trinajstić information content (AvgIpc) is 2.25. The van der Waals surface area contributed by atoms with Crippen LogP contribution in [0.25, 0.3) is 0 Å². The number of hydrogen-bond acceptors (Lipinski definition) is 2. The molecule has 0 aliphatic heterocycles. The fourth-order valence-corrected chi connectivity index (χ4v) is 3.12. The van der Waals surface area contributed by atoms with E-state index in [-0.39, 0.29) is 16.7 Å². The molecule has 5 heteroatoms. The van der Waals surface area contributed by atoms with E-state index in [1.54, 1.807) is 6.07 Å². The Kier molecular flexibility index (Phi) is 3.75. The smallest absolute Gasteiger partial charge is 0.405 e. The molecule has 2 nitrogen and oxygen atoms in total. The van der Waals surface area contributed by atoms with Crippen molar-refractivity contribution in [2.45, 2.75) is 51.5 Å². The van der Waals surface area contributed by atoms with Gasteiger partial charge < -0.3 is 9.84 Å². The number of hydrogen-bond donors (Lipinski definition) is 1. The van der Waals surface area contributed by atoms with Crippen LogP contribution in [0, 0.1) is 5.41 Å². The van der Waals surface area contributed by atoms with Crippen molar-refractivity contribution in [3.8, 4) is 5.75 Å². The summed E-state index contributed by atoms with van der Waals surface area (Å²) in [5, 5.41) is 10.8. The normalized spacial score (nSPS) is 26.3. The predicted octanol–water partition coefficient (Wildman–Crippen LogP) is 4.37. The summed E-state index contributed by atoms with van der Waals surface area (Å²) in [4.78, 5) is 0. The zero-order valence-corrected chi connectivity index (χ0v) is 11.6. The first-order chi connectivity index (χ1) is 9.11. The van der Waals surface area contributed by atoms with E-state index in [1.807, 2.05) is 13.8 Å². The first-order valence-electron chi connectivity index (χ1n) is 6.69. The van der Waals surface area contributed by atoms with Gasteiger partial charge in [0, 0.05) is 5.56 Å². The third-order valence-electron chi connectivity index (χ3n) is 3.83. The second-order valence-corrected chi connectivity index (χ2v) is 6.27. The van der Waals surface area contributed by atoms with Gasteiger partial charge in [-0.3, -0.25) is 0 Å². The maximum atomic E-state index is 12.5. The Morgan fingerprint density at radius 2 is 1.80 bits per heavy atom. The van der Waals surface area contributed by atoms with Crippen LogP contribution in [0.15, 0.2) is 24.3 Å². The topological polar surface area (TPSA) is 29.5 Å². The molecule has 1 aliphatic carbocycles. The monoisotopic (exact) mass is 288 g/mol. The number of halogens is 3. The number of benzene rings is 1. The van der Waals surface area contributed by atoms with Crippen LogP contribution in [-0.4, -0.2) is 11.5 Å². The van der Waals surface area contributed by atoms with Crippen molar-refractivity contribution in [2.24, 2.45) is 5.41 Å². The summed E-state index contributed by atoms with van der Waals surface area (Å²) in [5.74, 6) is -0.305. The molecule has 0 aromatic heterocycles. The SMILES string of the molecule is CC1(C)CCCC(O)(c2ccccc2OC(F)(F)F)C1. The Labute approximate surface area is 116 Å². The second-order valence-electron chi connectivity index (χ2n) is 6.27. The number of aliphatic hydroxyl groups is 1. The molecule has 0 bridgehead atoms. The van der Waals surface area contributed by atoms with Crippen LogP contribution in [0.3, 0.4) is 0 Å². The van der Waals surface area contributed by atoms with Crippen molar-refractivity contribution >= 4 is 0 Å². The van der Waals surface area contributed by atoms with E-state index in [0.29, 0.717) is 12.8 Å². The lowest BCUT2D eigenvalue weighted by Gasteiger charge is -2.42. The minimum Gasteiger partial charge on any atom is -0.405 e. The van der Waals surface area contributed by atoms with Crippen LogP contribution in [0.4, 0.5) is 13.2 Å². The minimum absolute atomic E-state index is 0.0989. The molecule has 1 atom stereocenters. The summed E-state index contributed by atoms with van der Waals surface area (Å²) in [6.45, 7) is 4.04. The molecule has 0 saturated heterocycles. The molecule has 1 saturated carbocycles. The molecule has 1 unspecified atom stereocenters. The van der Waals surface area contributed by atoms with Crippen molar-refractivity contribution < 1.29 is 23.0 Å². The molecule has 20 heavy (non-hydrogen) atoms. The molecule has 1 N–H and O–H groups in total. The third-order valence-corrected chi connectivity index (χ3v) is 3.83. The van der Waals surface area contributed by atoms with E-state index < -0.39 is 12.0 Å². The van der Waals surface area contributed by atoms with Crippen LogP contribution in [-0.2, 0) is 5.60 Å². The van der Waals surface area contributed by atoms with Gasteiger partial charge in [0.1, 0.15) is 5.75 Å². The highest BCUT2D eigenvalue weighted by Crippen LogP contribution is 2.48. The lowest BCUT2D eigenvalue weighted by molar-refractivity contribution is -0.275. The zero-order valence-electron chi connectivity index (χ0n) is 11.6. The molecule has 1 aromatic rings. The molecule has 0 radical (unpaired) electrons. The number of ether oxygens (including phenoxy) is 1. The molecular weight excluding hydrogens is 269 g/mol. The Hall–Kier alpha value is -1.23. The number of alkyl halides is 3. The van der Waals surface area contributed by atoms with Gasteiger partial charge >= 0.3 is 6.36 Å². The molecular formula is C15H19F3O2. The van der Waals surface area contributed by atoms with Crippen LogP contribution >= 0.6 is 0 Å². The number of rotatable bonds is 2. The van der Waals surface area contributed by atoms with E-state index in [4.69, 9.17) is 0 Å². The summed E-state index contributed by atoms with van der Waals surface area (Å²) < 4.78 is 41.4. The molecule has 0 amide bonds. The van der Waals surface area contributed by atoms with Crippen molar-refractivity contribution in [3.63, 3.8) is 0 Å². The van der Waals surface area contributed by atoms with Crippen molar-refractivity contribution in [2.75, 3.05) is 0 Å². The first kappa shape index (κ1) is 15.2. The summed E-state index contributed by atoms with van der Waals surface area (Å²) in [6.07, 6.45) is -2.13. The van der Waals surface area contributed by atoms with E-state index in [0.717, 1.165) is 12.8 Å². The fourth-order valence-electron chi connectivity index (χ4n) is 3.12. The van der Waals surface area contributed by atoms with E-state index in [2.05, 4.69) is 4.74 Å². The molecule has 112 valence electrons. The Morgan fingerprint density at radius 3 is 2.40 bits per heavy atom. The minimum atomic E-state index is -4.75. The summed E-state index contributed by atoms with van der Waals surface area (Å²) in [5.41, 5.74) is -1.13. The van der Waals surface area contributed by atoms with Crippen LogP contribution < -0.4 is 4.74 Å². The summed E-state index contributed by atoms with van der Waals surface area (Å²) in [6, 6.07) is 5.87. The quantitative estimate of drug-likeness (QED) is 0.875. The summed E-state index contributed by atoms with van der Waals surface area (Å²) >= 11 is 0. The van der Waals surface area contributed by atoms with Gasteiger partial charge in [-0.25, -0.2) is 0 Å². The highest BCUT2D eigenvalue weighted by atomic mass is 19.4. The van der Waals surface area contributed by atoms with E-state index >= 15 is 0 Å². The van der Waals surface area contributed by atoms with Crippen LogP contribution in [0.5, 0.6) is 5.75 Å². The van der Waals surface area contributed by atoms with E-state index in [1.165, 1.54) is 18.2 Å². The van der Waals surface area contributed by atoms with Gasteiger partial charge in [0.05, 0.1) is 5.60 Å². The van der Waals surface area contributed by atoms with Crippen molar-refractivity contribution in [3.05, 3.63) is 29.8 Å². The van der Waals surface area contributed by atoms with Crippen LogP contribution in [0.2, 0.25) is 0 Å². The standard InChI is InChI=1S/C15H19F3O2/c1-13(2)8-5-9-14(19,10-13)11-6-3-4-7-12(11)20-15(16,17)18/h3-4,6-7,19H,5,8-10H2,1-2H3. The molecule has 2 rings (SSSR count). The highest BCUT2D eigenvalue weighted by Gasteiger charge is 2.42. The first-order valence-corrected chi connectivity index (χ1v) is 6.69. The average molecular weight is 288 g/mol. The largest absolute Gasteiger partial charge is 0.573 e. The molecule has 1 aliphatic rings. The van der Waals surface area contributed by atoms with Crippen LogP contribution in [0.1, 0.15) is 45.1 Å². The van der Waals surface area contributed by atoms with Crippen molar-refractivity contribution in [1.82, 2.24) is 0 Å². The van der Waals surface area contributed by atoms with Gasteiger partial charge in [0.2, 0.25) is 0 Å². The lowest BCUT2D eigenvalue weighted by atomic mass is 9.67. The van der Waals surface area contributed by atoms with Gasteiger partial charge in [-0.2, -0.15) is 0 Å². The van der Waals surface area contributed by atoms with Gasteiger partial charge in [0.15, 0.2) is 0 Å². The van der Waals surface area contributed by atoms with Gasteiger partial charge in [-0.1, -0.05) is 32.0 Å². The third kappa shape index (κ3) is 3.45. The predicted molar refractivity (Wildman–Crippen MR) is 69.3 cm³/mol. The fraction of sp³-hybridized carbons (Fsp3) is 0.600. The molecule has 0 heterocycles. The van der Waals surface area contributed by atoms with Gasteiger partial charge in [-0.05, 0) is 37.2 Å². The molecule has 0 spiro atoms. The van der Waals surface area contributed by atoms with Gasteiger partial charge in [-0.15, -0.1) is 13.2 Å². The second kappa shape index (κ2) is 4.95. The number of para-hydroxylation sites is 1.